The number of anilines is 1. The number of halogens is 3. The summed E-state index contributed by atoms with van der Waals surface area (Å²) in [5, 5.41) is 3.23. The fraction of sp³-hybridized carbons (Fsp3) is 0.278. The minimum absolute atomic E-state index is 0.0106. The van der Waals surface area contributed by atoms with Gasteiger partial charge in [-0.3, -0.25) is 14.2 Å². The van der Waals surface area contributed by atoms with E-state index in [0.717, 1.165) is 23.4 Å². The first kappa shape index (κ1) is 20.4. The minimum Gasteiger partial charge on any atom is -0.325 e. The zero-order valence-corrected chi connectivity index (χ0v) is 16.6. The average Bonchev–Trinajstić information content (AvgIpc) is 3.07. The van der Waals surface area contributed by atoms with Crippen molar-refractivity contribution in [3.63, 3.8) is 0 Å². The molecule has 0 bridgehead atoms. The van der Waals surface area contributed by atoms with Crippen LogP contribution in [0.3, 0.4) is 0 Å². The molecular weight excluding hydrogens is 411 g/mol. The van der Waals surface area contributed by atoms with Crippen molar-refractivity contribution < 1.29 is 18.0 Å². The van der Waals surface area contributed by atoms with Gasteiger partial charge in [0.25, 0.3) is 5.56 Å². The van der Waals surface area contributed by atoms with Crippen molar-refractivity contribution in [2.75, 3.05) is 11.6 Å². The third-order valence-electron chi connectivity index (χ3n) is 3.97. The van der Waals surface area contributed by atoms with Gasteiger partial charge in [-0.2, -0.15) is 13.2 Å². The Balaban J connectivity index is 1.89. The van der Waals surface area contributed by atoms with Crippen LogP contribution in [-0.2, 0) is 23.9 Å². The molecule has 0 saturated heterocycles. The maximum absolute atomic E-state index is 12.8. The van der Waals surface area contributed by atoms with E-state index in [0.29, 0.717) is 15.4 Å². The molecule has 0 aliphatic heterocycles. The van der Waals surface area contributed by atoms with Crippen LogP contribution in [-0.4, -0.2) is 21.7 Å². The Kier molecular flexibility index (Phi) is 5.80. The van der Waals surface area contributed by atoms with Crippen LogP contribution in [0.25, 0.3) is 10.2 Å². The number of carbonyl (C=O) groups excluding carboxylic acids is 1. The second kappa shape index (κ2) is 7.96. The van der Waals surface area contributed by atoms with Crippen molar-refractivity contribution in [1.29, 1.82) is 0 Å². The SMILES string of the molecule is CCc1cc2c(=O)n(CC(=O)Nc3cccc(C(F)(F)F)c3)c(SC)nc2s1. The van der Waals surface area contributed by atoms with Crippen molar-refractivity contribution in [2.24, 2.45) is 0 Å². The summed E-state index contributed by atoms with van der Waals surface area (Å²) in [5.74, 6) is -0.608. The van der Waals surface area contributed by atoms with Gasteiger partial charge < -0.3 is 5.32 Å². The fourth-order valence-corrected chi connectivity index (χ4v) is 4.20. The van der Waals surface area contributed by atoms with Gasteiger partial charge in [0, 0.05) is 10.6 Å². The number of amides is 1. The summed E-state index contributed by atoms with van der Waals surface area (Å²) in [4.78, 5) is 31.2. The highest BCUT2D eigenvalue weighted by Gasteiger charge is 2.30. The summed E-state index contributed by atoms with van der Waals surface area (Å²) in [7, 11) is 0. The van der Waals surface area contributed by atoms with Crippen LogP contribution in [0.4, 0.5) is 18.9 Å². The van der Waals surface area contributed by atoms with E-state index in [4.69, 9.17) is 0 Å². The highest BCUT2D eigenvalue weighted by molar-refractivity contribution is 7.98. The second-order valence-electron chi connectivity index (χ2n) is 5.90. The summed E-state index contributed by atoms with van der Waals surface area (Å²) in [6.07, 6.45) is -2.00. The Labute approximate surface area is 166 Å². The molecule has 0 atom stereocenters. The van der Waals surface area contributed by atoms with E-state index in [1.54, 1.807) is 12.3 Å². The molecule has 10 heteroatoms. The summed E-state index contributed by atoms with van der Waals surface area (Å²) in [6, 6.07) is 6.11. The van der Waals surface area contributed by atoms with E-state index in [1.807, 2.05) is 6.92 Å². The molecule has 1 aromatic carbocycles. The fourth-order valence-electron chi connectivity index (χ4n) is 2.63. The monoisotopic (exact) mass is 427 g/mol. The van der Waals surface area contributed by atoms with Crippen LogP contribution < -0.4 is 10.9 Å². The van der Waals surface area contributed by atoms with E-state index in [9.17, 15) is 22.8 Å². The molecule has 0 radical (unpaired) electrons. The lowest BCUT2D eigenvalue weighted by molar-refractivity contribution is -0.137. The number of benzene rings is 1. The van der Waals surface area contributed by atoms with Gasteiger partial charge in [-0.15, -0.1) is 11.3 Å². The number of alkyl halides is 3. The van der Waals surface area contributed by atoms with Gasteiger partial charge in [0.15, 0.2) is 5.16 Å². The Morgan fingerprint density at radius 3 is 2.71 bits per heavy atom. The van der Waals surface area contributed by atoms with Gasteiger partial charge in [0.2, 0.25) is 5.91 Å². The standard InChI is InChI=1S/C18H16F3N3O2S2/c1-3-12-8-13-15(28-12)23-17(27-2)24(16(13)26)9-14(25)22-11-6-4-5-10(7-11)18(19,20)21/h4-8H,3,9H2,1-2H3,(H,22,25). The van der Waals surface area contributed by atoms with Gasteiger partial charge in [-0.1, -0.05) is 24.8 Å². The number of aryl methyl sites for hydroxylation is 1. The first-order chi connectivity index (χ1) is 13.2. The minimum atomic E-state index is -4.51. The number of hydrogen-bond donors (Lipinski definition) is 1. The molecule has 1 amide bonds. The molecule has 1 N–H and O–H groups in total. The highest BCUT2D eigenvalue weighted by Crippen LogP contribution is 2.30. The first-order valence-corrected chi connectivity index (χ1v) is 10.3. The van der Waals surface area contributed by atoms with Crippen LogP contribution in [0.2, 0.25) is 0 Å². The van der Waals surface area contributed by atoms with Crippen LogP contribution in [0.15, 0.2) is 40.3 Å². The molecule has 3 aromatic rings. The largest absolute Gasteiger partial charge is 0.416 e. The van der Waals surface area contributed by atoms with Crippen molar-refractivity contribution >= 4 is 44.9 Å². The first-order valence-electron chi connectivity index (χ1n) is 8.27. The molecule has 5 nitrogen and oxygen atoms in total. The molecule has 0 aliphatic carbocycles. The van der Waals surface area contributed by atoms with Crippen molar-refractivity contribution in [1.82, 2.24) is 9.55 Å². The number of hydrogen-bond acceptors (Lipinski definition) is 5. The number of nitrogens with one attached hydrogen (secondary N) is 1. The predicted octanol–water partition coefficient (Wildman–Crippen LogP) is 4.40. The second-order valence-corrected chi connectivity index (χ2v) is 7.79. The van der Waals surface area contributed by atoms with Crippen molar-refractivity contribution in [2.45, 2.75) is 31.2 Å². The van der Waals surface area contributed by atoms with Crippen LogP contribution in [0.5, 0.6) is 0 Å². The van der Waals surface area contributed by atoms with Crippen LogP contribution in [0, 0.1) is 0 Å². The molecule has 2 heterocycles. The Hall–Kier alpha value is -2.33. The van der Waals surface area contributed by atoms with Crippen molar-refractivity contribution in [3.05, 3.63) is 51.1 Å². The number of thioether (sulfide) groups is 1. The molecular formula is C18H16F3N3O2S2. The van der Waals surface area contributed by atoms with Crippen molar-refractivity contribution in [3.8, 4) is 0 Å². The maximum Gasteiger partial charge on any atom is 0.416 e. The smallest absolute Gasteiger partial charge is 0.325 e. The number of carbonyl (C=O) groups is 1. The summed E-state index contributed by atoms with van der Waals surface area (Å²) in [6.45, 7) is 1.63. The third-order valence-corrected chi connectivity index (χ3v) is 5.82. The van der Waals surface area contributed by atoms with Gasteiger partial charge in [-0.25, -0.2) is 4.98 Å². The Bertz CT molecular complexity index is 1090. The molecule has 0 saturated carbocycles. The molecule has 148 valence electrons. The molecule has 2 aromatic heterocycles. The molecule has 28 heavy (non-hydrogen) atoms. The van der Waals surface area contributed by atoms with Gasteiger partial charge in [-0.05, 0) is 36.9 Å². The molecule has 0 aliphatic rings. The number of fused-ring (bicyclic) bond motifs is 1. The quantitative estimate of drug-likeness (QED) is 0.484. The van der Waals surface area contributed by atoms with E-state index >= 15 is 0 Å². The predicted molar refractivity (Wildman–Crippen MR) is 105 cm³/mol. The molecule has 0 fully saturated rings. The maximum atomic E-state index is 12.8. The molecule has 0 spiro atoms. The molecule has 3 rings (SSSR count). The topological polar surface area (TPSA) is 64.0 Å². The lowest BCUT2D eigenvalue weighted by Gasteiger charge is -2.12. The number of nitrogens with zero attached hydrogens (tertiary/aromatic N) is 2. The number of thiophene rings is 1. The average molecular weight is 427 g/mol. The van der Waals surface area contributed by atoms with Crippen LogP contribution >= 0.6 is 23.1 Å². The van der Waals surface area contributed by atoms with E-state index < -0.39 is 17.6 Å². The summed E-state index contributed by atoms with van der Waals surface area (Å²) in [5.41, 5.74) is -1.19. The normalized spacial score (nSPS) is 11.8. The lowest BCUT2D eigenvalue weighted by atomic mass is 10.2. The van der Waals surface area contributed by atoms with E-state index in [-0.39, 0.29) is 17.8 Å². The highest BCUT2D eigenvalue weighted by atomic mass is 32.2. The third kappa shape index (κ3) is 4.22. The number of aromatic nitrogens is 2. The number of rotatable bonds is 5. The Morgan fingerprint density at radius 1 is 1.32 bits per heavy atom. The van der Waals surface area contributed by atoms with Crippen LogP contribution in [0.1, 0.15) is 17.4 Å². The van der Waals surface area contributed by atoms with E-state index in [1.165, 1.54) is 39.8 Å². The van der Waals surface area contributed by atoms with E-state index in [2.05, 4.69) is 10.3 Å². The zero-order valence-electron chi connectivity index (χ0n) is 15.0. The Morgan fingerprint density at radius 2 is 2.07 bits per heavy atom. The van der Waals surface area contributed by atoms with Gasteiger partial charge in [0.1, 0.15) is 11.4 Å². The summed E-state index contributed by atoms with van der Waals surface area (Å²) < 4.78 is 39.7. The van der Waals surface area contributed by atoms with Gasteiger partial charge in [0.05, 0.1) is 10.9 Å². The molecule has 0 unspecified atom stereocenters. The lowest BCUT2D eigenvalue weighted by Crippen LogP contribution is -2.29. The van der Waals surface area contributed by atoms with Gasteiger partial charge >= 0.3 is 6.18 Å². The zero-order chi connectivity index (χ0) is 20.5. The summed E-state index contributed by atoms with van der Waals surface area (Å²) >= 11 is 2.66.